The molecule has 0 saturated heterocycles. The standard InChI is InChI=1S/C27H23Br3FN3O3/c1-27(2,3)26-33-20-9-8-17(28)12-19(20)25(35)34(26)32-13-16-11-21(36-4)24(23(30)22(16)29)37-14-15-6-5-7-18(31)10-15/h5-13H,14H2,1-4H3. The number of hydrogen-bond donors (Lipinski definition) is 0. The van der Waals surface area contributed by atoms with Gasteiger partial charge < -0.3 is 9.47 Å². The smallest absolute Gasteiger partial charge is 0.282 e. The molecule has 1 aromatic heterocycles. The van der Waals surface area contributed by atoms with Gasteiger partial charge in [-0.2, -0.15) is 9.78 Å². The van der Waals surface area contributed by atoms with Crippen molar-refractivity contribution in [3.63, 3.8) is 0 Å². The molecule has 0 aliphatic heterocycles. The maximum atomic E-state index is 13.6. The van der Waals surface area contributed by atoms with Crippen LogP contribution in [0.5, 0.6) is 11.5 Å². The van der Waals surface area contributed by atoms with E-state index in [-0.39, 0.29) is 18.0 Å². The summed E-state index contributed by atoms with van der Waals surface area (Å²) in [4.78, 5) is 18.2. The summed E-state index contributed by atoms with van der Waals surface area (Å²) in [7, 11) is 1.53. The number of hydrogen-bond acceptors (Lipinski definition) is 5. The van der Waals surface area contributed by atoms with E-state index in [1.54, 1.807) is 30.5 Å². The molecule has 0 radical (unpaired) electrons. The first-order valence-corrected chi connectivity index (χ1v) is 13.6. The van der Waals surface area contributed by atoms with Crippen LogP contribution in [0, 0.1) is 5.82 Å². The van der Waals surface area contributed by atoms with Crippen molar-refractivity contribution < 1.29 is 13.9 Å². The van der Waals surface area contributed by atoms with Gasteiger partial charge in [0.25, 0.3) is 5.56 Å². The minimum Gasteiger partial charge on any atom is -0.493 e. The Kier molecular flexibility index (Phi) is 8.20. The molecule has 1 heterocycles. The minimum absolute atomic E-state index is 0.148. The number of ether oxygens (including phenoxy) is 2. The first kappa shape index (κ1) is 27.5. The van der Waals surface area contributed by atoms with Crippen molar-refractivity contribution in [1.82, 2.24) is 9.66 Å². The maximum absolute atomic E-state index is 13.6. The van der Waals surface area contributed by atoms with Crippen molar-refractivity contribution in [3.8, 4) is 11.5 Å². The molecule has 0 atom stereocenters. The fraction of sp³-hybridized carbons (Fsp3) is 0.222. The molecule has 0 fully saturated rings. The molecule has 0 spiro atoms. The molecule has 0 bridgehead atoms. The third-order valence-electron chi connectivity index (χ3n) is 5.44. The van der Waals surface area contributed by atoms with E-state index in [1.165, 1.54) is 23.9 Å². The fourth-order valence-electron chi connectivity index (χ4n) is 3.63. The molecule has 0 amide bonds. The van der Waals surface area contributed by atoms with Gasteiger partial charge in [0, 0.05) is 19.9 Å². The average molecular weight is 696 g/mol. The maximum Gasteiger partial charge on any atom is 0.282 e. The molecular formula is C27H23Br3FN3O3. The highest BCUT2D eigenvalue weighted by atomic mass is 79.9. The summed E-state index contributed by atoms with van der Waals surface area (Å²) in [6, 6.07) is 13.3. The van der Waals surface area contributed by atoms with Gasteiger partial charge >= 0.3 is 0 Å². The van der Waals surface area contributed by atoms with Gasteiger partial charge in [0.05, 0.1) is 28.7 Å². The number of nitrogens with zero attached hydrogens (tertiary/aromatic N) is 3. The van der Waals surface area contributed by atoms with Crippen molar-refractivity contribution in [2.45, 2.75) is 32.8 Å². The summed E-state index contributed by atoms with van der Waals surface area (Å²) >= 11 is 10.6. The van der Waals surface area contributed by atoms with Crippen LogP contribution < -0.4 is 15.0 Å². The molecule has 0 aliphatic rings. The highest BCUT2D eigenvalue weighted by Gasteiger charge is 2.23. The van der Waals surface area contributed by atoms with E-state index in [1.807, 2.05) is 32.9 Å². The van der Waals surface area contributed by atoms with Gasteiger partial charge in [-0.1, -0.05) is 48.8 Å². The highest BCUT2D eigenvalue weighted by Crippen LogP contribution is 2.42. The van der Waals surface area contributed by atoms with E-state index in [0.29, 0.717) is 48.3 Å². The zero-order valence-corrected chi connectivity index (χ0v) is 25.2. The van der Waals surface area contributed by atoms with Crippen LogP contribution in [0.25, 0.3) is 10.9 Å². The SMILES string of the molecule is COc1cc(C=Nn2c(C(C)(C)C)nc3ccc(Br)cc3c2=O)c(Br)c(Br)c1OCc1cccc(F)c1. The Morgan fingerprint density at radius 1 is 1.08 bits per heavy atom. The molecule has 4 rings (SSSR count). The normalized spacial score (nSPS) is 11.9. The van der Waals surface area contributed by atoms with E-state index >= 15 is 0 Å². The van der Waals surface area contributed by atoms with Crippen LogP contribution in [0.2, 0.25) is 0 Å². The number of fused-ring (bicyclic) bond motifs is 1. The summed E-state index contributed by atoms with van der Waals surface area (Å²) in [5, 5.41) is 5.00. The van der Waals surface area contributed by atoms with Crippen LogP contribution in [0.3, 0.4) is 0 Å². The van der Waals surface area contributed by atoms with Crippen LogP contribution >= 0.6 is 47.8 Å². The second kappa shape index (κ2) is 11.0. The lowest BCUT2D eigenvalue weighted by Crippen LogP contribution is -2.29. The molecule has 0 saturated carbocycles. The average Bonchev–Trinajstić information content (AvgIpc) is 2.84. The lowest BCUT2D eigenvalue weighted by atomic mass is 9.95. The van der Waals surface area contributed by atoms with E-state index in [4.69, 9.17) is 14.5 Å². The Balaban J connectivity index is 1.76. The monoisotopic (exact) mass is 693 g/mol. The number of halogens is 4. The highest BCUT2D eigenvalue weighted by molar-refractivity contribution is 9.13. The van der Waals surface area contributed by atoms with E-state index in [9.17, 15) is 9.18 Å². The third kappa shape index (κ3) is 5.97. The van der Waals surface area contributed by atoms with Gasteiger partial charge in [0.2, 0.25) is 0 Å². The van der Waals surface area contributed by atoms with E-state index in [0.717, 1.165) is 4.47 Å². The first-order valence-electron chi connectivity index (χ1n) is 11.2. The van der Waals surface area contributed by atoms with Gasteiger partial charge in [-0.25, -0.2) is 9.37 Å². The summed E-state index contributed by atoms with van der Waals surface area (Å²) in [5.74, 6) is 1.08. The lowest BCUT2D eigenvalue weighted by molar-refractivity contribution is 0.282. The van der Waals surface area contributed by atoms with Crippen LogP contribution in [-0.2, 0) is 12.0 Å². The Bertz CT molecular complexity index is 1580. The summed E-state index contributed by atoms with van der Waals surface area (Å²) in [6.07, 6.45) is 1.57. The third-order valence-corrected chi connectivity index (χ3v) is 8.08. The molecule has 0 N–H and O–H groups in total. The second-order valence-corrected chi connectivity index (χ2v) is 11.8. The van der Waals surface area contributed by atoms with E-state index < -0.39 is 5.41 Å². The van der Waals surface area contributed by atoms with Gasteiger partial charge in [0.1, 0.15) is 18.2 Å². The first-order chi connectivity index (χ1) is 17.5. The molecule has 0 unspecified atom stereocenters. The topological polar surface area (TPSA) is 65.7 Å². The quantitative estimate of drug-likeness (QED) is 0.195. The Morgan fingerprint density at radius 2 is 1.84 bits per heavy atom. The minimum atomic E-state index is -0.443. The predicted molar refractivity (Wildman–Crippen MR) is 155 cm³/mol. The Labute approximate surface area is 238 Å². The van der Waals surface area contributed by atoms with Gasteiger partial charge in [-0.05, 0) is 73.8 Å². The molecule has 10 heteroatoms. The summed E-state index contributed by atoms with van der Waals surface area (Å²) < 4.78 is 28.4. The molecule has 0 aliphatic carbocycles. The Hall–Kier alpha value is -2.56. The van der Waals surface area contributed by atoms with Crippen LogP contribution in [0.4, 0.5) is 4.39 Å². The molecule has 6 nitrogen and oxygen atoms in total. The van der Waals surface area contributed by atoms with Crippen molar-refractivity contribution >= 4 is 64.9 Å². The molecule has 192 valence electrons. The second-order valence-electron chi connectivity index (χ2n) is 9.25. The van der Waals surface area contributed by atoms with Crippen LogP contribution in [0.1, 0.15) is 37.7 Å². The van der Waals surface area contributed by atoms with Crippen molar-refractivity contribution in [2.75, 3.05) is 7.11 Å². The molecule has 37 heavy (non-hydrogen) atoms. The number of methoxy groups -OCH3 is 1. The zero-order chi connectivity index (χ0) is 26.9. The molecule has 4 aromatic rings. The van der Waals surface area contributed by atoms with Crippen molar-refractivity contribution in [3.05, 3.63) is 95.1 Å². The van der Waals surface area contributed by atoms with Gasteiger partial charge in [0.15, 0.2) is 11.5 Å². The largest absolute Gasteiger partial charge is 0.493 e. The number of rotatable bonds is 6. The number of benzene rings is 3. The van der Waals surface area contributed by atoms with Crippen LogP contribution in [0.15, 0.2) is 71.8 Å². The van der Waals surface area contributed by atoms with Crippen LogP contribution in [-0.4, -0.2) is 23.0 Å². The lowest BCUT2D eigenvalue weighted by Gasteiger charge is -2.21. The van der Waals surface area contributed by atoms with Gasteiger partial charge in [-0.15, -0.1) is 0 Å². The Morgan fingerprint density at radius 3 is 2.51 bits per heavy atom. The fourth-order valence-corrected chi connectivity index (χ4v) is 4.93. The number of aromatic nitrogens is 2. The predicted octanol–water partition coefficient (Wildman–Crippen LogP) is 7.59. The van der Waals surface area contributed by atoms with Crippen molar-refractivity contribution in [1.29, 1.82) is 0 Å². The zero-order valence-electron chi connectivity index (χ0n) is 20.5. The van der Waals surface area contributed by atoms with Gasteiger partial charge in [-0.3, -0.25) is 4.79 Å². The van der Waals surface area contributed by atoms with Crippen molar-refractivity contribution in [2.24, 2.45) is 5.10 Å². The molecule has 3 aromatic carbocycles. The van der Waals surface area contributed by atoms with E-state index in [2.05, 4.69) is 52.9 Å². The molecular weight excluding hydrogens is 673 g/mol. The summed E-state index contributed by atoms with van der Waals surface area (Å²) in [6.45, 7) is 6.08. The summed E-state index contributed by atoms with van der Waals surface area (Å²) in [5.41, 5.74) is 1.21.